The summed E-state index contributed by atoms with van der Waals surface area (Å²) in [4.78, 5) is 21.2. The molecule has 2 rings (SSSR count). The fourth-order valence-corrected chi connectivity index (χ4v) is 1.54. The SMILES string of the molecule is C1COCC[NH2+]1.O=C([O-])CCC(=O)Nc1ccccc1. The molecule has 0 spiro atoms. The van der Waals surface area contributed by atoms with Crippen LogP contribution >= 0.6 is 0 Å². The summed E-state index contributed by atoms with van der Waals surface area (Å²) in [7, 11) is 0. The fraction of sp³-hybridized carbons (Fsp3) is 0.429. The van der Waals surface area contributed by atoms with Crippen molar-refractivity contribution in [3.8, 4) is 0 Å². The molecule has 0 aromatic heterocycles. The molecule has 1 fully saturated rings. The molecule has 1 heterocycles. The van der Waals surface area contributed by atoms with Crippen LogP contribution in [0.3, 0.4) is 0 Å². The normalized spacial score (nSPS) is 13.8. The average molecular weight is 280 g/mol. The lowest BCUT2D eigenvalue weighted by Gasteiger charge is -2.07. The molecule has 3 N–H and O–H groups in total. The predicted octanol–water partition coefficient (Wildman–Crippen LogP) is -1.26. The summed E-state index contributed by atoms with van der Waals surface area (Å²) in [6.07, 6.45) is -0.310. The van der Waals surface area contributed by atoms with Crippen molar-refractivity contribution in [3.05, 3.63) is 30.3 Å². The minimum Gasteiger partial charge on any atom is -0.550 e. The number of hydrogen-bond donors (Lipinski definition) is 2. The number of nitrogens with one attached hydrogen (secondary N) is 1. The van der Waals surface area contributed by atoms with Gasteiger partial charge in [-0.25, -0.2) is 0 Å². The van der Waals surface area contributed by atoms with Crippen molar-refractivity contribution in [2.24, 2.45) is 0 Å². The summed E-state index contributed by atoms with van der Waals surface area (Å²) >= 11 is 0. The number of nitrogens with two attached hydrogens (primary N) is 1. The van der Waals surface area contributed by atoms with Crippen LogP contribution < -0.4 is 15.7 Å². The highest BCUT2D eigenvalue weighted by Crippen LogP contribution is 2.05. The highest BCUT2D eigenvalue weighted by molar-refractivity contribution is 5.92. The van der Waals surface area contributed by atoms with Gasteiger partial charge in [-0.3, -0.25) is 4.79 Å². The van der Waals surface area contributed by atoms with E-state index >= 15 is 0 Å². The fourth-order valence-electron chi connectivity index (χ4n) is 1.54. The largest absolute Gasteiger partial charge is 0.550 e. The first-order valence-corrected chi connectivity index (χ1v) is 6.62. The molecular formula is C14H20N2O4. The van der Waals surface area contributed by atoms with E-state index in [4.69, 9.17) is 4.74 Å². The number of benzene rings is 1. The van der Waals surface area contributed by atoms with Gasteiger partial charge >= 0.3 is 0 Å². The zero-order valence-corrected chi connectivity index (χ0v) is 11.3. The third kappa shape index (κ3) is 8.23. The van der Waals surface area contributed by atoms with Crippen LogP contribution in [0.1, 0.15) is 12.8 Å². The number of carboxylic acid groups (broad SMARTS) is 1. The molecule has 1 aromatic carbocycles. The number of carbonyl (C=O) groups is 2. The molecule has 20 heavy (non-hydrogen) atoms. The first kappa shape index (κ1) is 16.1. The zero-order valence-electron chi connectivity index (χ0n) is 11.3. The van der Waals surface area contributed by atoms with Gasteiger partial charge in [0.2, 0.25) is 5.91 Å². The molecule has 1 aromatic rings. The van der Waals surface area contributed by atoms with Crippen molar-refractivity contribution in [3.63, 3.8) is 0 Å². The molecule has 0 unspecified atom stereocenters. The number of rotatable bonds is 4. The quantitative estimate of drug-likeness (QED) is 0.719. The summed E-state index contributed by atoms with van der Waals surface area (Å²) in [5.41, 5.74) is 0.663. The molecule has 1 amide bonds. The summed E-state index contributed by atoms with van der Waals surface area (Å²) < 4.78 is 5.04. The average Bonchev–Trinajstić information content (AvgIpc) is 2.49. The van der Waals surface area contributed by atoms with Gasteiger partial charge in [-0.2, -0.15) is 0 Å². The van der Waals surface area contributed by atoms with E-state index in [0.29, 0.717) is 5.69 Å². The minimum atomic E-state index is -1.21. The monoisotopic (exact) mass is 280 g/mol. The molecule has 1 aliphatic heterocycles. The molecule has 0 atom stereocenters. The van der Waals surface area contributed by atoms with Gasteiger partial charge in [0.25, 0.3) is 0 Å². The third-order valence-corrected chi connectivity index (χ3v) is 2.55. The predicted molar refractivity (Wildman–Crippen MR) is 71.8 cm³/mol. The van der Waals surface area contributed by atoms with Crippen molar-refractivity contribution in [2.75, 3.05) is 31.6 Å². The second-order valence-electron chi connectivity index (χ2n) is 4.26. The van der Waals surface area contributed by atoms with Crippen LogP contribution in [0.5, 0.6) is 0 Å². The van der Waals surface area contributed by atoms with Crippen LogP contribution in [0.2, 0.25) is 0 Å². The van der Waals surface area contributed by atoms with Gasteiger partial charge in [0, 0.05) is 18.1 Å². The van der Waals surface area contributed by atoms with Gasteiger partial charge in [0.1, 0.15) is 0 Å². The van der Waals surface area contributed by atoms with Gasteiger partial charge in [-0.15, -0.1) is 0 Å². The minimum absolute atomic E-state index is 0.0583. The maximum Gasteiger partial charge on any atom is 0.224 e. The van der Waals surface area contributed by atoms with Gasteiger partial charge in [0.05, 0.1) is 26.3 Å². The van der Waals surface area contributed by atoms with Crippen molar-refractivity contribution < 1.29 is 24.7 Å². The molecule has 0 saturated carbocycles. The Morgan fingerprint density at radius 1 is 1.15 bits per heavy atom. The van der Waals surface area contributed by atoms with E-state index in [1.54, 1.807) is 24.3 Å². The highest BCUT2D eigenvalue weighted by Gasteiger charge is 2.01. The smallest absolute Gasteiger partial charge is 0.224 e. The molecule has 0 bridgehead atoms. The standard InChI is InChI=1S/C10H11NO3.C4H9NO/c12-9(6-7-10(13)14)11-8-4-2-1-3-5-8;1-3-6-4-2-5-1/h1-5H,6-7H2,(H,11,12)(H,13,14);5H,1-4H2. The Bertz CT molecular complexity index is 393. The molecule has 6 heteroatoms. The number of anilines is 1. The van der Waals surface area contributed by atoms with Crippen LogP contribution in [0.25, 0.3) is 0 Å². The third-order valence-electron chi connectivity index (χ3n) is 2.55. The Balaban J connectivity index is 0.000000276. The highest BCUT2D eigenvalue weighted by atomic mass is 16.5. The maximum absolute atomic E-state index is 11.1. The van der Waals surface area contributed by atoms with Crippen LogP contribution in [0, 0.1) is 0 Å². The van der Waals surface area contributed by atoms with E-state index < -0.39 is 5.97 Å². The molecule has 6 nitrogen and oxygen atoms in total. The summed E-state index contributed by atoms with van der Waals surface area (Å²) in [5.74, 6) is -1.53. The molecule has 0 aliphatic carbocycles. The molecule has 0 radical (unpaired) electrons. The van der Waals surface area contributed by atoms with Crippen molar-refractivity contribution in [1.82, 2.24) is 0 Å². The first-order valence-electron chi connectivity index (χ1n) is 6.62. The lowest BCUT2D eigenvalue weighted by atomic mass is 10.2. The van der Waals surface area contributed by atoms with Crippen LogP contribution in [-0.4, -0.2) is 38.2 Å². The van der Waals surface area contributed by atoms with E-state index in [0.717, 1.165) is 26.3 Å². The van der Waals surface area contributed by atoms with Crippen molar-refractivity contribution in [2.45, 2.75) is 12.8 Å². The Kier molecular flexibility index (Phi) is 8.02. The molecule has 1 saturated heterocycles. The molecular weight excluding hydrogens is 260 g/mol. The molecule has 1 aliphatic rings. The van der Waals surface area contributed by atoms with Gasteiger partial charge < -0.3 is 25.3 Å². The topological polar surface area (TPSA) is 95.1 Å². The van der Waals surface area contributed by atoms with Gasteiger partial charge in [0.15, 0.2) is 0 Å². The second kappa shape index (κ2) is 9.94. The molecule has 110 valence electrons. The van der Waals surface area contributed by atoms with E-state index in [1.165, 1.54) is 0 Å². The number of ether oxygens (including phenoxy) is 1. The Morgan fingerprint density at radius 3 is 2.25 bits per heavy atom. The van der Waals surface area contributed by atoms with E-state index in [2.05, 4.69) is 10.6 Å². The second-order valence-corrected chi connectivity index (χ2v) is 4.26. The van der Waals surface area contributed by atoms with Crippen LogP contribution in [-0.2, 0) is 14.3 Å². The summed E-state index contributed by atoms with van der Waals surface area (Å²) in [6, 6.07) is 8.87. The number of quaternary nitrogens is 1. The maximum atomic E-state index is 11.1. The number of aliphatic carboxylic acids is 1. The van der Waals surface area contributed by atoms with Crippen LogP contribution in [0.15, 0.2) is 30.3 Å². The number of carbonyl (C=O) groups excluding carboxylic acids is 2. The summed E-state index contributed by atoms with van der Waals surface area (Å²) in [5, 5.41) is 14.9. The van der Waals surface area contributed by atoms with E-state index in [1.807, 2.05) is 6.07 Å². The zero-order chi connectivity index (χ0) is 14.6. The lowest BCUT2D eigenvalue weighted by Crippen LogP contribution is -2.87. The first-order chi connectivity index (χ1) is 9.68. The Morgan fingerprint density at radius 2 is 1.80 bits per heavy atom. The number of carboxylic acids is 1. The van der Waals surface area contributed by atoms with E-state index in [9.17, 15) is 14.7 Å². The lowest BCUT2D eigenvalue weighted by molar-refractivity contribution is -0.670. The van der Waals surface area contributed by atoms with Crippen molar-refractivity contribution >= 4 is 17.6 Å². The number of amides is 1. The summed E-state index contributed by atoms with van der Waals surface area (Å²) in [6.45, 7) is 4.19. The number of para-hydroxylation sites is 1. The van der Waals surface area contributed by atoms with Crippen molar-refractivity contribution in [1.29, 1.82) is 0 Å². The number of hydrogen-bond acceptors (Lipinski definition) is 4. The van der Waals surface area contributed by atoms with Gasteiger partial charge in [-0.05, 0) is 18.6 Å². The van der Waals surface area contributed by atoms with Crippen LogP contribution in [0.4, 0.5) is 5.69 Å². The number of morpholine rings is 1. The van der Waals surface area contributed by atoms with E-state index in [-0.39, 0.29) is 18.7 Å². The Labute approximate surface area is 118 Å². The Hall–Kier alpha value is -1.92. The van der Waals surface area contributed by atoms with Gasteiger partial charge in [-0.1, -0.05) is 18.2 Å².